The molecule has 0 spiro atoms. The zero-order valence-corrected chi connectivity index (χ0v) is 15.5. The quantitative estimate of drug-likeness (QED) is 0.374. The van der Waals surface area contributed by atoms with Crippen LogP contribution in [0.15, 0.2) is 47.5 Å². The first kappa shape index (κ1) is 21.5. The van der Waals surface area contributed by atoms with Gasteiger partial charge in [-0.2, -0.15) is 21.6 Å². The van der Waals surface area contributed by atoms with Crippen molar-refractivity contribution >= 4 is 10.1 Å². The van der Waals surface area contributed by atoms with Crippen molar-refractivity contribution in [3.63, 3.8) is 0 Å². The summed E-state index contributed by atoms with van der Waals surface area (Å²) in [5.41, 5.74) is -7.86. The molecule has 0 saturated heterocycles. The van der Waals surface area contributed by atoms with E-state index in [1.807, 2.05) is 0 Å². The molecule has 10 heteroatoms. The predicted octanol–water partition coefficient (Wildman–Crippen LogP) is 2.83. The normalized spacial score (nSPS) is 32.3. The Morgan fingerprint density at radius 1 is 1.33 bits per heavy atom. The summed E-state index contributed by atoms with van der Waals surface area (Å²) in [5.74, 6) is -2.78. The molecule has 0 bridgehead atoms. The molecule has 3 N–H and O–H groups in total. The third-order valence-corrected chi connectivity index (χ3v) is 5.81. The maximum Gasteiger partial charge on any atom is 0.534 e. The fourth-order valence-corrected chi connectivity index (χ4v) is 3.74. The summed E-state index contributed by atoms with van der Waals surface area (Å²) >= 11 is 0. The van der Waals surface area contributed by atoms with Crippen LogP contribution in [0.4, 0.5) is 13.2 Å². The van der Waals surface area contributed by atoms with E-state index >= 15 is 0 Å². The molecule has 0 radical (unpaired) electrons. The van der Waals surface area contributed by atoms with E-state index in [2.05, 4.69) is 10.8 Å². The molecule has 27 heavy (non-hydrogen) atoms. The lowest BCUT2D eigenvalue weighted by atomic mass is 9.67. The molecular formula is C17H21F3O6S. The highest BCUT2D eigenvalue weighted by Crippen LogP contribution is 2.46. The highest BCUT2D eigenvalue weighted by atomic mass is 32.2. The van der Waals surface area contributed by atoms with Gasteiger partial charge in [0.05, 0.1) is 12.0 Å². The number of rotatable bonds is 4. The van der Waals surface area contributed by atoms with Crippen molar-refractivity contribution in [3.05, 3.63) is 47.5 Å². The van der Waals surface area contributed by atoms with Crippen molar-refractivity contribution in [2.75, 3.05) is 0 Å². The third kappa shape index (κ3) is 3.92. The molecular weight excluding hydrogens is 389 g/mol. The number of hydrogen-bond donors (Lipinski definition) is 3. The number of hydrogen-bond acceptors (Lipinski definition) is 6. The maximum absolute atomic E-state index is 12.6. The molecule has 6 nitrogen and oxygen atoms in total. The van der Waals surface area contributed by atoms with E-state index in [1.165, 1.54) is 19.9 Å². The summed E-state index contributed by atoms with van der Waals surface area (Å²) < 4.78 is 64.7. The van der Waals surface area contributed by atoms with Crippen LogP contribution in [-0.4, -0.2) is 41.0 Å². The van der Waals surface area contributed by atoms with Gasteiger partial charge in [-0.1, -0.05) is 18.7 Å². The Labute approximate surface area is 155 Å². The van der Waals surface area contributed by atoms with Crippen LogP contribution >= 0.6 is 0 Å². The number of allylic oxidation sites excluding steroid dienone is 2. The third-order valence-electron chi connectivity index (χ3n) is 4.84. The summed E-state index contributed by atoms with van der Waals surface area (Å²) in [6.45, 7) is 6.21. The highest BCUT2D eigenvalue weighted by Gasteiger charge is 2.52. The molecule has 3 unspecified atom stereocenters. The van der Waals surface area contributed by atoms with Crippen LogP contribution in [-0.2, 0) is 14.3 Å². The van der Waals surface area contributed by atoms with E-state index in [1.54, 1.807) is 6.08 Å². The van der Waals surface area contributed by atoms with Crippen LogP contribution in [0.5, 0.6) is 0 Å². The maximum atomic E-state index is 12.6. The van der Waals surface area contributed by atoms with Gasteiger partial charge in [-0.3, -0.25) is 0 Å². The van der Waals surface area contributed by atoms with E-state index < -0.39 is 50.7 Å². The molecule has 2 rings (SSSR count). The smallest absolute Gasteiger partial charge is 0.511 e. The Morgan fingerprint density at radius 3 is 2.37 bits per heavy atom. The minimum absolute atomic E-state index is 0.0802. The SMILES string of the molecule is C=C(C)C1(O)C=C(OS(=O)(=O)C(F)(F)F)C(C)=C(O)[C@@H]1C1C=CC(O)CC1. The summed E-state index contributed by atoms with van der Waals surface area (Å²) in [5, 5.41) is 31.2. The fourth-order valence-electron chi connectivity index (χ4n) is 3.24. The molecule has 0 fully saturated rings. The zero-order valence-electron chi connectivity index (χ0n) is 14.7. The van der Waals surface area contributed by atoms with Gasteiger partial charge in [-0.05, 0) is 44.3 Å². The summed E-state index contributed by atoms with van der Waals surface area (Å²) in [6.07, 6.45) is 4.02. The Kier molecular flexibility index (Phi) is 5.57. The van der Waals surface area contributed by atoms with E-state index in [0.29, 0.717) is 12.8 Å². The minimum Gasteiger partial charge on any atom is -0.511 e. The Bertz CT molecular complexity index is 824. The molecule has 2 aliphatic carbocycles. The molecule has 0 aliphatic heterocycles. The van der Waals surface area contributed by atoms with Gasteiger partial charge in [0.15, 0.2) is 0 Å². The highest BCUT2D eigenvalue weighted by molar-refractivity contribution is 7.87. The number of alkyl halides is 3. The predicted molar refractivity (Wildman–Crippen MR) is 90.6 cm³/mol. The van der Waals surface area contributed by atoms with E-state index in [0.717, 1.165) is 6.08 Å². The topological polar surface area (TPSA) is 104 Å². The molecule has 152 valence electrons. The van der Waals surface area contributed by atoms with Crippen LogP contribution in [0.2, 0.25) is 0 Å². The second-order valence-corrected chi connectivity index (χ2v) is 8.32. The van der Waals surface area contributed by atoms with E-state index in [4.69, 9.17) is 0 Å². The van der Waals surface area contributed by atoms with Gasteiger partial charge in [0, 0.05) is 5.57 Å². The summed E-state index contributed by atoms with van der Waals surface area (Å²) in [6, 6.07) is 0. The van der Waals surface area contributed by atoms with Gasteiger partial charge in [0.25, 0.3) is 0 Å². The van der Waals surface area contributed by atoms with E-state index in [-0.39, 0.29) is 11.1 Å². The van der Waals surface area contributed by atoms with Crippen molar-refractivity contribution in [1.82, 2.24) is 0 Å². The first-order valence-electron chi connectivity index (χ1n) is 8.09. The summed E-state index contributed by atoms with van der Waals surface area (Å²) in [7, 11) is -5.98. The second kappa shape index (κ2) is 6.99. The Balaban J connectivity index is 2.53. The van der Waals surface area contributed by atoms with E-state index in [9.17, 15) is 36.9 Å². The molecule has 0 aromatic heterocycles. The number of halogens is 3. The first-order valence-corrected chi connectivity index (χ1v) is 9.50. The number of aliphatic hydroxyl groups is 3. The average Bonchev–Trinajstić information content (AvgIpc) is 2.53. The molecule has 0 amide bonds. The average molecular weight is 410 g/mol. The van der Waals surface area contributed by atoms with Crippen LogP contribution in [0.3, 0.4) is 0 Å². The van der Waals surface area contributed by atoms with Gasteiger partial charge in [-0.25, -0.2) is 0 Å². The lowest BCUT2D eigenvalue weighted by Gasteiger charge is -2.42. The molecule has 0 aromatic rings. The van der Waals surface area contributed by atoms with Gasteiger partial charge in [0.1, 0.15) is 17.1 Å². The van der Waals surface area contributed by atoms with Crippen LogP contribution < -0.4 is 0 Å². The lowest BCUT2D eigenvalue weighted by molar-refractivity contribution is -0.0525. The fraction of sp³-hybridized carbons (Fsp3) is 0.529. The van der Waals surface area contributed by atoms with Crippen molar-refractivity contribution < 1.29 is 41.1 Å². The molecule has 0 heterocycles. The van der Waals surface area contributed by atoms with Gasteiger partial charge >= 0.3 is 15.6 Å². The van der Waals surface area contributed by atoms with Gasteiger partial charge < -0.3 is 19.5 Å². The number of aliphatic hydroxyl groups excluding tert-OH is 2. The zero-order chi connectivity index (χ0) is 20.8. The minimum atomic E-state index is -5.98. The first-order chi connectivity index (χ1) is 12.2. The van der Waals surface area contributed by atoms with Crippen LogP contribution in [0.1, 0.15) is 26.7 Å². The standard InChI is InChI=1S/C17H21F3O6S/c1-9(2)16(23)8-13(26-27(24,25)17(18,19)20)10(3)15(22)14(16)11-4-6-12(21)7-5-11/h4,6,8,11-12,14,21-23H,1,5,7H2,2-3H3/t11?,12?,14-,16?/m0/s1. The van der Waals surface area contributed by atoms with Crippen LogP contribution in [0, 0.1) is 11.8 Å². The second-order valence-electron chi connectivity index (χ2n) is 6.78. The molecule has 4 atom stereocenters. The van der Waals surface area contributed by atoms with Crippen molar-refractivity contribution in [3.8, 4) is 0 Å². The largest absolute Gasteiger partial charge is 0.534 e. The van der Waals surface area contributed by atoms with Crippen molar-refractivity contribution in [2.24, 2.45) is 11.8 Å². The molecule has 2 aliphatic rings. The van der Waals surface area contributed by atoms with Crippen LogP contribution in [0.25, 0.3) is 0 Å². The van der Waals surface area contributed by atoms with Gasteiger partial charge in [0.2, 0.25) is 0 Å². The summed E-state index contributed by atoms with van der Waals surface area (Å²) in [4.78, 5) is 0. The Hall–Kier alpha value is -1.78. The van der Waals surface area contributed by atoms with Crippen molar-refractivity contribution in [1.29, 1.82) is 0 Å². The molecule has 0 saturated carbocycles. The Morgan fingerprint density at radius 2 is 1.93 bits per heavy atom. The lowest BCUT2D eigenvalue weighted by Crippen LogP contribution is -2.45. The molecule has 0 aromatic carbocycles. The van der Waals surface area contributed by atoms with Crippen molar-refractivity contribution in [2.45, 2.75) is 43.9 Å². The van der Waals surface area contributed by atoms with Gasteiger partial charge in [-0.15, -0.1) is 0 Å². The monoisotopic (exact) mass is 410 g/mol.